The standard InChI is InChI=1S/C13H21BrN4O/c1-3-18(10-6-4-5-9(10)7-15)11-8-16-17(2)13(19)12(11)14/h8-10H,3-7,15H2,1-2H3. The number of halogens is 1. The first kappa shape index (κ1) is 14.5. The second-order valence-electron chi connectivity index (χ2n) is 5.05. The lowest BCUT2D eigenvalue weighted by Crippen LogP contribution is -2.41. The van der Waals surface area contributed by atoms with Gasteiger partial charge in [-0.3, -0.25) is 4.79 Å². The first-order valence-electron chi connectivity index (χ1n) is 6.78. The largest absolute Gasteiger partial charge is 0.366 e. The monoisotopic (exact) mass is 328 g/mol. The van der Waals surface area contributed by atoms with E-state index in [1.165, 1.54) is 17.5 Å². The van der Waals surface area contributed by atoms with Crippen LogP contribution in [0.4, 0.5) is 5.69 Å². The highest BCUT2D eigenvalue weighted by Gasteiger charge is 2.32. The predicted octanol–water partition coefficient (Wildman–Crippen LogP) is 1.50. The molecule has 1 aliphatic carbocycles. The van der Waals surface area contributed by atoms with E-state index < -0.39 is 0 Å². The number of aromatic nitrogens is 2. The van der Waals surface area contributed by atoms with Crippen LogP contribution in [0.2, 0.25) is 0 Å². The summed E-state index contributed by atoms with van der Waals surface area (Å²) in [6.45, 7) is 3.67. The van der Waals surface area contributed by atoms with Crippen LogP contribution in [-0.2, 0) is 7.05 Å². The highest BCUT2D eigenvalue weighted by molar-refractivity contribution is 9.10. The minimum atomic E-state index is -0.0988. The molecule has 2 unspecified atom stereocenters. The second-order valence-corrected chi connectivity index (χ2v) is 5.85. The third kappa shape index (κ3) is 2.69. The van der Waals surface area contributed by atoms with Crippen LogP contribution in [0.1, 0.15) is 26.2 Å². The lowest BCUT2D eigenvalue weighted by molar-refractivity contribution is 0.460. The highest BCUT2D eigenvalue weighted by Crippen LogP contribution is 2.34. The Labute approximate surface area is 121 Å². The summed E-state index contributed by atoms with van der Waals surface area (Å²) in [7, 11) is 1.66. The quantitative estimate of drug-likeness (QED) is 0.909. The molecule has 1 heterocycles. The van der Waals surface area contributed by atoms with Crippen molar-refractivity contribution in [3.63, 3.8) is 0 Å². The molecule has 1 saturated carbocycles. The molecule has 1 fully saturated rings. The molecule has 2 rings (SSSR count). The van der Waals surface area contributed by atoms with Gasteiger partial charge < -0.3 is 10.6 Å². The molecule has 0 amide bonds. The number of anilines is 1. The van der Waals surface area contributed by atoms with Crippen LogP contribution in [-0.4, -0.2) is 28.9 Å². The number of rotatable bonds is 4. The van der Waals surface area contributed by atoms with Gasteiger partial charge in [-0.1, -0.05) is 6.42 Å². The van der Waals surface area contributed by atoms with Gasteiger partial charge in [0.25, 0.3) is 5.56 Å². The summed E-state index contributed by atoms with van der Waals surface area (Å²) < 4.78 is 1.94. The molecule has 1 aliphatic rings. The minimum Gasteiger partial charge on any atom is -0.366 e. The predicted molar refractivity (Wildman–Crippen MR) is 80.4 cm³/mol. The fourth-order valence-electron chi connectivity index (χ4n) is 2.99. The average Bonchev–Trinajstić information content (AvgIpc) is 2.88. The molecule has 0 aliphatic heterocycles. The Morgan fingerprint density at radius 1 is 1.58 bits per heavy atom. The lowest BCUT2D eigenvalue weighted by atomic mass is 10.0. The molecular formula is C13H21BrN4O. The molecule has 5 nitrogen and oxygen atoms in total. The number of hydrogen-bond acceptors (Lipinski definition) is 4. The number of aryl methyl sites for hydroxylation is 1. The molecule has 1 aromatic heterocycles. The van der Waals surface area contributed by atoms with Crippen molar-refractivity contribution in [2.45, 2.75) is 32.2 Å². The Morgan fingerprint density at radius 3 is 2.95 bits per heavy atom. The smallest absolute Gasteiger partial charge is 0.282 e. The van der Waals surface area contributed by atoms with Crippen molar-refractivity contribution < 1.29 is 0 Å². The van der Waals surface area contributed by atoms with Crippen LogP contribution in [0.5, 0.6) is 0 Å². The normalized spacial score (nSPS) is 22.7. The summed E-state index contributed by atoms with van der Waals surface area (Å²) in [4.78, 5) is 14.2. The van der Waals surface area contributed by atoms with Gasteiger partial charge in [-0.05, 0) is 48.2 Å². The van der Waals surface area contributed by atoms with Gasteiger partial charge in [0, 0.05) is 19.6 Å². The van der Waals surface area contributed by atoms with Gasteiger partial charge >= 0.3 is 0 Å². The summed E-state index contributed by atoms with van der Waals surface area (Å²) in [6.07, 6.45) is 5.28. The maximum absolute atomic E-state index is 12.0. The van der Waals surface area contributed by atoms with Crippen molar-refractivity contribution in [1.29, 1.82) is 0 Å². The third-order valence-electron chi connectivity index (χ3n) is 4.03. The molecule has 6 heteroatoms. The maximum atomic E-state index is 12.0. The first-order valence-corrected chi connectivity index (χ1v) is 7.58. The van der Waals surface area contributed by atoms with Crippen molar-refractivity contribution in [2.75, 3.05) is 18.0 Å². The number of nitrogens with zero attached hydrogens (tertiary/aromatic N) is 3. The van der Waals surface area contributed by atoms with Gasteiger partial charge in [-0.2, -0.15) is 5.10 Å². The van der Waals surface area contributed by atoms with Gasteiger partial charge in [0.2, 0.25) is 0 Å². The van der Waals surface area contributed by atoms with Gasteiger partial charge in [-0.25, -0.2) is 4.68 Å². The molecule has 2 N–H and O–H groups in total. The Morgan fingerprint density at radius 2 is 2.32 bits per heavy atom. The summed E-state index contributed by atoms with van der Waals surface area (Å²) >= 11 is 3.42. The van der Waals surface area contributed by atoms with Crippen LogP contribution in [0, 0.1) is 5.92 Å². The topological polar surface area (TPSA) is 64.2 Å². The van der Waals surface area contributed by atoms with Crippen LogP contribution in [0.15, 0.2) is 15.5 Å². The third-order valence-corrected chi connectivity index (χ3v) is 4.78. The molecule has 0 bridgehead atoms. The Kier molecular flexibility index (Phi) is 4.62. The summed E-state index contributed by atoms with van der Waals surface area (Å²) in [5, 5.41) is 4.13. The van der Waals surface area contributed by atoms with Crippen LogP contribution in [0.25, 0.3) is 0 Å². The van der Waals surface area contributed by atoms with E-state index in [1.54, 1.807) is 13.2 Å². The van der Waals surface area contributed by atoms with Crippen LogP contribution < -0.4 is 16.2 Å². The summed E-state index contributed by atoms with van der Waals surface area (Å²) in [5.41, 5.74) is 6.65. The molecule has 106 valence electrons. The van der Waals surface area contributed by atoms with E-state index in [0.29, 0.717) is 23.0 Å². The second kappa shape index (κ2) is 6.05. The van der Waals surface area contributed by atoms with E-state index in [1.807, 2.05) is 0 Å². The number of hydrogen-bond donors (Lipinski definition) is 1. The van der Waals surface area contributed by atoms with Crippen molar-refractivity contribution in [1.82, 2.24) is 9.78 Å². The van der Waals surface area contributed by atoms with Gasteiger partial charge in [0.15, 0.2) is 0 Å². The number of nitrogens with two attached hydrogens (primary N) is 1. The molecule has 0 saturated heterocycles. The SMILES string of the molecule is CCN(c1cnn(C)c(=O)c1Br)C1CCCC1CN. The van der Waals surface area contributed by atoms with Crippen LogP contribution >= 0.6 is 15.9 Å². The highest BCUT2D eigenvalue weighted by atomic mass is 79.9. The Bertz CT molecular complexity index is 502. The lowest BCUT2D eigenvalue weighted by Gasteiger charge is -2.34. The van der Waals surface area contributed by atoms with Crippen molar-refractivity contribution in [2.24, 2.45) is 18.7 Å². The van der Waals surface area contributed by atoms with Gasteiger partial charge in [0.05, 0.1) is 11.9 Å². The molecule has 2 atom stereocenters. The average molecular weight is 329 g/mol. The van der Waals surface area contributed by atoms with E-state index >= 15 is 0 Å². The van der Waals surface area contributed by atoms with E-state index in [4.69, 9.17) is 5.73 Å². The molecule has 19 heavy (non-hydrogen) atoms. The summed E-state index contributed by atoms with van der Waals surface area (Å²) in [5.74, 6) is 0.510. The van der Waals surface area contributed by atoms with Crippen LogP contribution in [0.3, 0.4) is 0 Å². The van der Waals surface area contributed by atoms with Gasteiger partial charge in [0.1, 0.15) is 4.47 Å². The van der Waals surface area contributed by atoms with E-state index in [0.717, 1.165) is 18.7 Å². The zero-order valence-corrected chi connectivity index (χ0v) is 13.1. The van der Waals surface area contributed by atoms with Crippen molar-refractivity contribution >= 4 is 21.6 Å². The molecule has 0 aromatic carbocycles. The Balaban J connectivity index is 2.37. The zero-order chi connectivity index (χ0) is 14.0. The summed E-state index contributed by atoms with van der Waals surface area (Å²) in [6, 6.07) is 0.417. The molecule has 1 aromatic rings. The van der Waals surface area contributed by atoms with Crippen molar-refractivity contribution in [3.05, 3.63) is 21.0 Å². The Hall–Kier alpha value is -0.880. The van der Waals surface area contributed by atoms with E-state index in [9.17, 15) is 4.79 Å². The van der Waals surface area contributed by atoms with Crippen molar-refractivity contribution in [3.8, 4) is 0 Å². The molecular weight excluding hydrogens is 308 g/mol. The maximum Gasteiger partial charge on any atom is 0.282 e. The van der Waals surface area contributed by atoms with E-state index in [-0.39, 0.29) is 5.56 Å². The fraction of sp³-hybridized carbons (Fsp3) is 0.692. The molecule has 0 spiro atoms. The zero-order valence-electron chi connectivity index (χ0n) is 11.5. The molecule has 0 radical (unpaired) electrons. The fourth-order valence-corrected chi connectivity index (χ4v) is 3.58. The minimum absolute atomic E-state index is 0.0988. The first-order chi connectivity index (χ1) is 9.10. The van der Waals surface area contributed by atoms with Gasteiger partial charge in [-0.15, -0.1) is 0 Å². The van der Waals surface area contributed by atoms with E-state index in [2.05, 4.69) is 32.9 Å².